The summed E-state index contributed by atoms with van der Waals surface area (Å²) in [5, 5.41) is 5.14. The molecule has 0 amide bonds. The third-order valence-corrected chi connectivity index (χ3v) is 4.40. The summed E-state index contributed by atoms with van der Waals surface area (Å²) >= 11 is 0. The summed E-state index contributed by atoms with van der Waals surface area (Å²) in [5.74, 6) is 1.26. The molecule has 4 aromatic rings. The van der Waals surface area contributed by atoms with Gasteiger partial charge in [0.15, 0.2) is 0 Å². The highest BCUT2D eigenvalue weighted by molar-refractivity contribution is 5.87. The van der Waals surface area contributed by atoms with Crippen molar-refractivity contribution in [2.75, 3.05) is 5.73 Å². The van der Waals surface area contributed by atoms with Crippen molar-refractivity contribution in [2.24, 2.45) is 0 Å². The van der Waals surface area contributed by atoms with Crippen LogP contribution in [0, 0.1) is 0 Å². The molecule has 0 aliphatic heterocycles. The molecule has 0 fully saturated rings. The van der Waals surface area contributed by atoms with Crippen molar-refractivity contribution >= 4 is 16.6 Å². The van der Waals surface area contributed by atoms with Crippen molar-refractivity contribution in [3.8, 4) is 22.5 Å². The number of rotatable bonds is 5. The first-order valence-electron chi connectivity index (χ1n) is 8.81. The van der Waals surface area contributed by atoms with Crippen LogP contribution in [0.4, 0.5) is 5.69 Å². The van der Waals surface area contributed by atoms with Crippen molar-refractivity contribution < 1.29 is 4.52 Å². The summed E-state index contributed by atoms with van der Waals surface area (Å²) in [6, 6.07) is 16.1. The number of anilines is 1. The summed E-state index contributed by atoms with van der Waals surface area (Å²) in [5.41, 5.74) is 10.6. The smallest absolute Gasteiger partial charge is 0.226 e. The number of fused-ring (bicyclic) bond motifs is 1. The van der Waals surface area contributed by atoms with Gasteiger partial charge in [0.2, 0.25) is 11.7 Å². The molecule has 5 nitrogen and oxygen atoms in total. The van der Waals surface area contributed by atoms with E-state index in [1.165, 1.54) is 0 Å². The SMILES string of the molecule is CCCCc1nc(-c2cnc3ccc(-c4ccc(N)cc4)cc3c2)no1. The van der Waals surface area contributed by atoms with E-state index in [1.54, 1.807) is 6.20 Å². The van der Waals surface area contributed by atoms with Gasteiger partial charge in [-0.05, 0) is 47.9 Å². The molecule has 0 atom stereocenters. The van der Waals surface area contributed by atoms with Crippen molar-refractivity contribution in [2.45, 2.75) is 26.2 Å². The normalized spacial score (nSPS) is 11.1. The summed E-state index contributed by atoms with van der Waals surface area (Å²) in [6.07, 6.45) is 4.75. The van der Waals surface area contributed by atoms with Gasteiger partial charge in [0.05, 0.1) is 5.52 Å². The van der Waals surface area contributed by atoms with Gasteiger partial charge in [-0.15, -0.1) is 0 Å². The second-order valence-corrected chi connectivity index (χ2v) is 6.37. The number of aromatic nitrogens is 3. The van der Waals surface area contributed by atoms with Gasteiger partial charge in [0, 0.05) is 29.3 Å². The zero-order valence-corrected chi connectivity index (χ0v) is 14.6. The van der Waals surface area contributed by atoms with Crippen LogP contribution in [0.1, 0.15) is 25.7 Å². The van der Waals surface area contributed by atoms with Crippen LogP contribution in [0.15, 0.2) is 59.3 Å². The minimum absolute atomic E-state index is 0.586. The molecule has 0 radical (unpaired) electrons. The molecule has 0 saturated carbocycles. The first-order chi connectivity index (χ1) is 12.7. The van der Waals surface area contributed by atoms with E-state index >= 15 is 0 Å². The molecule has 130 valence electrons. The predicted octanol–water partition coefficient (Wildman–Crippen LogP) is 4.88. The average molecular weight is 344 g/mol. The molecule has 0 aliphatic carbocycles. The van der Waals surface area contributed by atoms with Gasteiger partial charge in [-0.1, -0.05) is 36.7 Å². The van der Waals surface area contributed by atoms with Crippen molar-refractivity contribution in [1.29, 1.82) is 0 Å². The molecule has 0 spiro atoms. The van der Waals surface area contributed by atoms with Gasteiger partial charge in [-0.2, -0.15) is 4.98 Å². The van der Waals surface area contributed by atoms with Gasteiger partial charge in [-0.3, -0.25) is 4.98 Å². The Bertz CT molecular complexity index is 1040. The molecular weight excluding hydrogens is 324 g/mol. The lowest BCUT2D eigenvalue weighted by molar-refractivity contribution is 0.375. The molecule has 0 unspecified atom stereocenters. The number of benzene rings is 2. The Kier molecular flexibility index (Phi) is 4.35. The van der Waals surface area contributed by atoms with E-state index in [4.69, 9.17) is 10.3 Å². The van der Waals surface area contributed by atoms with Crippen LogP contribution in [0.5, 0.6) is 0 Å². The highest BCUT2D eigenvalue weighted by Gasteiger charge is 2.10. The van der Waals surface area contributed by atoms with E-state index in [-0.39, 0.29) is 0 Å². The maximum absolute atomic E-state index is 5.78. The Hall–Kier alpha value is -3.21. The number of hydrogen-bond acceptors (Lipinski definition) is 5. The van der Waals surface area contributed by atoms with Crippen LogP contribution in [-0.2, 0) is 6.42 Å². The molecule has 0 bridgehead atoms. The van der Waals surface area contributed by atoms with Crippen LogP contribution in [0.2, 0.25) is 0 Å². The molecule has 4 rings (SSSR count). The maximum atomic E-state index is 5.78. The summed E-state index contributed by atoms with van der Waals surface area (Å²) < 4.78 is 5.34. The van der Waals surface area contributed by atoms with Crippen LogP contribution in [0.25, 0.3) is 33.4 Å². The summed E-state index contributed by atoms with van der Waals surface area (Å²) in [7, 11) is 0. The Morgan fingerprint density at radius 1 is 0.962 bits per heavy atom. The number of nitrogens with two attached hydrogens (primary N) is 1. The fourth-order valence-corrected chi connectivity index (χ4v) is 2.91. The van der Waals surface area contributed by atoms with E-state index in [0.717, 1.165) is 52.5 Å². The quantitative estimate of drug-likeness (QED) is 0.522. The second-order valence-electron chi connectivity index (χ2n) is 6.37. The number of nitrogen functional groups attached to an aromatic ring is 1. The third kappa shape index (κ3) is 3.28. The van der Waals surface area contributed by atoms with E-state index in [9.17, 15) is 0 Å². The minimum Gasteiger partial charge on any atom is -0.399 e. The van der Waals surface area contributed by atoms with Crippen LogP contribution in [0.3, 0.4) is 0 Å². The van der Waals surface area contributed by atoms with Gasteiger partial charge in [0.1, 0.15) is 0 Å². The standard InChI is InChI=1S/C21H20N4O/c1-2-3-4-20-24-21(25-26-20)17-12-16-11-15(7-10-19(16)23-13-17)14-5-8-18(22)9-6-14/h5-13H,2-4,22H2,1H3. The Morgan fingerprint density at radius 2 is 1.73 bits per heavy atom. The highest BCUT2D eigenvalue weighted by Crippen LogP contribution is 2.27. The lowest BCUT2D eigenvalue weighted by Crippen LogP contribution is -1.88. The number of pyridine rings is 1. The van der Waals surface area contributed by atoms with Gasteiger partial charge in [-0.25, -0.2) is 0 Å². The van der Waals surface area contributed by atoms with Crippen LogP contribution in [-0.4, -0.2) is 15.1 Å². The Labute approximate surface area is 151 Å². The van der Waals surface area contributed by atoms with Crippen molar-refractivity contribution in [3.63, 3.8) is 0 Å². The zero-order valence-electron chi connectivity index (χ0n) is 14.6. The number of nitrogens with zero attached hydrogens (tertiary/aromatic N) is 3. The van der Waals surface area contributed by atoms with E-state index in [0.29, 0.717) is 11.7 Å². The van der Waals surface area contributed by atoms with E-state index < -0.39 is 0 Å². The minimum atomic E-state index is 0.586. The molecule has 2 aromatic heterocycles. The number of unbranched alkanes of at least 4 members (excludes halogenated alkanes) is 1. The topological polar surface area (TPSA) is 77.8 Å². The lowest BCUT2D eigenvalue weighted by Gasteiger charge is -2.05. The molecule has 2 heterocycles. The van der Waals surface area contributed by atoms with E-state index in [2.05, 4.69) is 40.2 Å². The fourth-order valence-electron chi connectivity index (χ4n) is 2.91. The molecule has 0 aliphatic rings. The Balaban J connectivity index is 1.69. The monoisotopic (exact) mass is 344 g/mol. The third-order valence-electron chi connectivity index (χ3n) is 4.40. The molecule has 0 saturated heterocycles. The predicted molar refractivity (Wildman–Crippen MR) is 103 cm³/mol. The number of hydrogen-bond donors (Lipinski definition) is 1. The second kappa shape index (κ2) is 6.96. The first-order valence-corrected chi connectivity index (χ1v) is 8.81. The van der Waals surface area contributed by atoms with Gasteiger partial charge in [0.25, 0.3) is 0 Å². The van der Waals surface area contributed by atoms with Gasteiger partial charge < -0.3 is 10.3 Å². The molecule has 26 heavy (non-hydrogen) atoms. The summed E-state index contributed by atoms with van der Waals surface area (Å²) in [4.78, 5) is 9.02. The molecular formula is C21H20N4O. The van der Waals surface area contributed by atoms with Crippen molar-refractivity contribution in [3.05, 3.63) is 60.6 Å². The van der Waals surface area contributed by atoms with Crippen LogP contribution < -0.4 is 5.73 Å². The first kappa shape index (κ1) is 16.3. The number of aryl methyl sites for hydroxylation is 1. The lowest BCUT2D eigenvalue weighted by atomic mass is 10.0. The summed E-state index contributed by atoms with van der Waals surface area (Å²) in [6.45, 7) is 2.14. The fraction of sp³-hybridized carbons (Fsp3) is 0.190. The molecule has 2 aromatic carbocycles. The molecule has 5 heteroatoms. The largest absolute Gasteiger partial charge is 0.399 e. The highest BCUT2D eigenvalue weighted by atomic mass is 16.5. The van der Waals surface area contributed by atoms with Crippen LogP contribution >= 0.6 is 0 Å². The van der Waals surface area contributed by atoms with Crippen molar-refractivity contribution in [1.82, 2.24) is 15.1 Å². The Morgan fingerprint density at radius 3 is 2.54 bits per heavy atom. The van der Waals surface area contributed by atoms with E-state index in [1.807, 2.05) is 30.3 Å². The maximum Gasteiger partial charge on any atom is 0.226 e. The van der Waals surface area contributed by atoms with Gasteiger partial charge >= 0.3 is 0 Å². The average Bonchev–Trinajstić information content (AvgIpc) is 3.15. The molecule has 2 N–H and O–H groups in total. The zero-order chi connectivity index (χ0) is 17.9.